The average molecular weight is 151 g/mol. The van der Waals surface area contributed by atoms with Gasteiger partial charge in [-0.25, -0.2) is 9.97 Å². The Labute approximate surface area is 63.1 Å². The molecular formula is C6H6N4O. The van der Waals surface area contributed by atoms with Crippen molar-refractivity contribution in [1.29, 1.82) is 0 Å². The molecule has 0 fully saturated rings. The molecule has 0 aliphatic carbocycles. The van der Waals surface area contributed by atoms with Gasteiger partial charge in [0.15, 0.2) is 11.2 Å². The molecule has 1 N–H and O–H groups in total. The van der Waals surface area contributed by atoms with Crippen LogP contribution in [0.1, 0.15) is 1.37 Å². The van der Waals surface area contributed by atoms with Crippen LogP contribution in [0.2, 0.25) is 0 Å². The first-order chi connectivity index (χ1) is 5.70. The second-order valence-electron chi connectivity index (χ2n) is 2.17. The second-order valence-corrected chi connectivity index (χ2v) is 2.17. The highest BCUT2D eigenvalue weighted by atomic mass is 16.1. The topological polar surface area (TPSA) is 63.6 Å². The third-order valence-corrected chi connectivity index (χ3v) is 1.45. The highest BCUT2D eigenvalue weighted by Gasteiger charge is 2.02. The lowest BCUT2D eigenvalue weighted by molar-refractivity contribution is 0.938. The fraction of sp³-hybridized carbons (Fsp3) is 0.167. The van der Waals surface area contributed by atoms with Crippen LogP contribution < -0.4 is 5.56 Å². The number of hydrogen-bond donors (Lipinski definition) is 1. The van der Waals surface area contributed by atoms with E-state index in [1.54, 1.807) is 7.05 Å². The van der Waals surface area contributed by atoms with Crippen molar-refractivity contribution in [3.05, 3.63) is 23.0 Å². The minimum Gasteiger partial charge on any atom is -0.328 e. The van der Waals surface area contributed by atoms with Crippen LogP contribution >= 0.6 is 0 Å². The molecule has 0 unspecified atom stereocenters. The Morgan fingerprint density at radius 1 is 1.73 bits per heavy atom. The van der Waals surface area contributed by atoms with Gasteiger partial charge in [0.25, 0.3) is 5.56 Å². The fourth-order valence-electron chi connectivity index (χ4n) is 0.940. The van der Waals surface area contributed by atoms with Crippen molar-refractivity contribution in [2.24, 2.45) is 7.05 Å². The summed E-state index contributed by atoms with van der Waals surface area (Å²) in [5, 5.41) is 0. The fourth-order valence-corrected chi connectivity index (χ4v) is 0.940. The summed E-state index contributed by atoms with van der Waals surface area (Å²) in [6.07, 6.45) is 1.31. The lowest BCUT2D eigenvalue weighted by atomic mass is 10.5. The number of nitrogens with zero attached hydrogens (tertiary/aromatic N) is 3. The van der Waals surface area contributed by atoms with Gasteiger partial charge in [-0.05, 0) is 0 Å². The zero-order chi connectivity index (χ0) is 8.72. The number of rotatable bonds is 0. The summed E-state index contributed by atoms with van der Waals surface area (Å²) in [6.45, 7) is 0. The summed E-state index contributed by atoms with van der Waals surface area (Å²) in [5.74, 6) is 0. The van der Waals surface area contributed by atoms with E-state index in [0.717, 1.165) is 0 Å². The minimum atomic E-state index is -0.270. The molecule has 0 amide bonds. The van der Waals surface area contributed by atoms with Crippen LogP contribution in [0.3, 0.4) is 0 Å². The Kier molecular flexibility index (Phi) is 0.881. The molecule has 56 valence electrons. The lowest BCUT2D eigenvalue weighted by Gasteiger charge is -1.88. The summed E-state index contributed by atoms with van der Waals surface area (Å²) in [7, 11) is 1.61. The van der Waals surface area contributed by atoms with Crippen LogP contribution in [-0.4, -0.2) is 19.5 Å². The molecule has 0 bridgehead atoms. The van der Waals surface area contributed by atoms with Crippen LogP contribution in [-0.2, 0) is 7.05 Å². The third kappa shape index (κ3) is 0.739. The van der Waals surface area contributed by atoms with Crippen molar-refractivity contribution in [1.82, 2.24) is 19.5 Å². The number of hydrogen-bond acceptors (Lipinski definition) is 3. The smallest absolute Gasteiger partial charge is 0.276 e. The minimum absolute atomic E-state index is 0.0363. The maximum absolute atomic E-state index is 11.2. The first kappa shape index (κ1) is 5.06. The van der Waals surface area contributed by atoms with Crippen molar-refractivity contribution in [2.75, 3.05) is 0 Å². The van der Waals surface area contributed by atoms with E-state index in [1.165, 1.54) is 10.9 Å². The Balaban J connectivity index is 3.07. The average Bonchev–Trinajstić information content (AvgIpc) is 2.29. The predicted octanol–water partition coefficient (Wildman–Crippen LogP) is -0.343. The van der Waals surface area contributed by atoms with Gasteiger partial charge in [0.05, 0.1) is 12.6 Å². The molecule has 0 saturated heterocycles. The molecule has 0 aliphatic rings. The number of fused-ring (bicyclic) bond motifs is 1. The molecule has 0 saturated carbocycles. The van der Waals surface area contributed by atoms with Crippen molar-refractivity contribution in [3.63, 3.8) is 0 Å². The van der Waals surface area contributed by atoms with Crippen LogP contribution in [0.15, 0.2) is 17.4 Å². The number of H-pyrrole nitrogens is 1. The molecule has 0 atom stereocenters. The Morgan fingerprint density at radius 2 is 2.55 bits per heavy atom. The van der Waals surface area contributed by atoms with E-state index in [0.29, 0.717) is 11.2 Å². The first-order valence-electron chi connectivity index (χ1n) is 3.57. The molecular weight excluding hydrogens is 144 g/mol. The van der Waals surface area contributed by atoms with Crippen molar-refractivity contribution < 1.29 is 1.37 Å². The lowest BCUT2D eigenvalue weighted by Crippen LogP contribution is -2.08. The van der Waals surface area contributed by atoms with Gasteiger partial charge in [-0.3, -0.25) is 4.79 Å². The van der Waals surface area contributed by atoms with Gasteiger partial charge < -0.3 is 9.55 Å². The van der Waals surface area contributed by atoms with E-state index in [1.807, 2.05) is 0 Å². The summed E-state index contributed by atoms with van der Waals surface area (Å²) < 4.78 is 8.69. The maximum atomic E-state index is 11.2. The van der Waals surface area contributed by atoms with Gasteiger partial charge in [-0.2, -0.15) is 0 Å². The van der Waals surface area contributed by atoms with E-state index < -0.39 is 0 Å². The molecule has 5 nitrogen and oxygen atoms in total. The molecule has 0 radical (unpaired) electrons. The van der Waals surface area contributed by atoms with Gasteiger partial charge in [0.2, 0.25) is 0 Å². The Morgan fingerprint density at radius 3 is 3.27 bits per heavy atom. The highest BCUT2D eigenvalue weighted by molar-refractivity contribution is 5.68. The van der Waals surface area contributed by atoms with E-state index in [2.05, 4.69) is 15.0 Å². The second kappa shape index (κ2) is 1.91. The number of aryl methyl sites for hydroxylation is 1. The molecule has 11 heavy (non-hydrogen) atoms. The van der Waals surface area contributed by atoms with E-state index in [-0.39, 0.29) is 11.9 Å². The first-order valence-corrected chi connectivity index (χ1v) is 3.07. The van der Waals surface area contributed by atoms with Gasteiger partial charge in [-0.1, -0.05) is 0 Å². The number of aromatic nitrogens is 4. The van der Waals surface area contributed by atoms with Crippen molar-refractivity contribution >= 4 is 11.2 Å². The molecule has 0 spiro atoms. The van der Waals surface area contributed by atoms with Crippen molar-refractivity contribution in [2.45, 2.75) is 0 Å². The number of imidazole rings is 1. The summed E-state index contributed by atoms with van der Waals surface area (Å²) >= 11 is 0. The Hall–Kier alpha value is -1.65. The van der Waals surface area contributed by atoms with Gasteiger partial charge in [0, 0.05) is 7.05 Å². The van der Waals surface area contributed by atoms with Gasteiger partial charge in [0.1, 0.15) is 1.37 Å². The van der Waals surface area contributed by atoms with Crippen LogP contribution in [0.5, 0.6) is 0 Å². The van der Waals surface area contributed by atoms with Crippen LogP contribution in [0.25, 0.3) is 11.2 Å². The summed E-state index contributed by atoms with van der Waals surface area (Å²) in [6, 6.07) is 0. The standard InChI is InChI=1S/C6H6N4O/c1-10-3-9-5-4(10)6(11)8-2-7-5/h2-3H,1H3,(H,7,8,11)/i3D. The van der Waals surface area contributed by atoms with Gasteiger partial charge in [-0.15, -0.1) is 0 Å². The molecule has 0 aliphatic heterocycles. The summed E-state index contributed by atoms with van der Waals surface area (Å²) in [5.41, 5.74) is 0.377. The SMILES string of the molecule is [2H]c1nc2nc[nH]c(=O)c2n1C. The van der Waals surface area contributed by atoms with Crippen molar-refractivity contribution in [3.8, 4) is 0 Å². The molecule has 2 aromatic rings. The number of nitrogens with one attached hydrogen (secondary N) is 1. The zero-order valence-electron chi connectivity index (χ0n) is 6.83. The van der Waals surface area contributed by atoms with E-state index >= 15 is 0 Å². The monoisotopic (exact) mass is 151 g/mol. The van der Waals surface area contributed by atoms with E-state index in [9.17, 15) is 4.79 Å². The summed E-state index contributed by atoms with van der Waals surface area (Å²) in [4.78, 5) is 21.2. The van der Waals surface area contributed by atoms with Crippen LogP contribution in [0, 0.1) is 0 Å². The molecule has 2 aromatic heterocycles. The third-order valence-electron chi connectivity index (χ3n) is 1.45. The van der Waals surface area contributed by atoms with E-state index in [4.69, 9.17) is 1.37 Å². The zero-order valence-corrected chi connectivity index (χ0v) is 5.83. The number of aromatic amines is 1. The Bertz CT molecular complexity index is 486. The largest absolute Gasteiger partial charge is 0.328 e. The normalized spacial score (nSPS) is 11.9. The maximum Gasteiger partial charge on any atom is 0.276 e. The quantitative estimate of drug-likeness (QED) is 0.560. The van der Waals surface area contributed by atoms with Crippen LogP contribution in [0.4, 0.5) is 0 Å². The molecule has 2 heterocycles. The van der Waals surface area contributed by atoms with Gasteiger partial charge >= 0.3 is 0 Å². The molecule has 0 aromatic carbocycles. The molecule has 5 heteroatoms. The predicted molar refractivity (Wildman–Crippen MR) is 39.1 cm³/mol. The molecule has 2 rings (SSSR count). The highest BCUT2D eigenvalue weighted by Crippen LogP contribution is 1.99.